The second-order valence-corrected chi connectivity index (χ2v) is 9.83. The number of carbonyl (C=O) groups excluding carboxylic acids is 3. The van der Waals surface area contributed by atoms with Crippen LogP contribution in [-0.4, -0.2) is 73.7 Å². The molecule has 3 aromatic rings. The fourth-order valence-corrected chi connectivity index (χ4v) is 4.38. The molecule has 8 N–H and O–H groups in total. The number of aromatic amines is 2. The molecule has 0 bridgehead atoms. The smallest absolute Gasteiger partial charge is 0.327 e. The third-order valence-corrected chi connectivity index (χ3v) is 7.02. The Bertz CT molecular complexity index is 1280. The summed E-state index contributed by atoms with van der Waals surface area (Å²) < 4.78 is 0. The van der Waals surface area contributed by atoms with Crippen LogP contribution in [0.5, 0.6) is 0 Å². The van der Waals surface area contributed by atoms with E-state index in [1.165, 1.54) is 12.5 Å². The van der Waals surface area contributed by atoms with E-state index in [-0.39, 0.29) is 24.5 Å². The summed E-state index contributed by atoms with van der Waals surface area (Å²) in [4.78, 5) is 60.8. The lowest BCUT2D eigenvalue weighted by atomic mass is 9.96. The molecule has 0 aliphatic rings. The highest BCUT2D eigenvalue weighted by Crippen LogP contribution is 2.19. The zero-order valence-corrected chi connectivity index (χ0v) is 22.7. The summed E-state index contributed by atoms with van der Waals surface area (Å²) in [6.45, 7) is 3.68. The topological polar surface area (TPSA) is 195 Å². The Hall–Kier alpha value is -3.84. The average Bonchev–Trinajstić information content (AvgIpc) is 3.59. The minimum atomic E-state index is -1.25. The van der Waals surface area contributed by atoms with E-state index in [4.69, 9.17) is 5.73 Å². The first-order chi connectivity index (χ1) is 18.6. The van der Waals surface area contributed by atoms with Gasteiger partial charge in [0, 0.05) is 41.2 Å². The van der Waals surface area contributed by atoms with Crippen LogP contribution in [0.25, 0.3) is 10.9 Å². The lowest BCUT2D eigenvalue weighted by Crippen LogP contribution is -2.59. The molecule has 39 heavy (non-hydrogen) atoms. The van der Waals surface area contributed by atoms with Crippen molar-refractivity contribution in [2.24, 2.45) is 11.7 Å². The third-order valence-electron chi connectivity index (χ3n) is 6.65. The van der Waals surface area contributed by atoms with E-state index < -0.39 is 47.9 Å². The number of hydrogen-bond acceptors (Lipinski definition) is 7. The molecule has 0 fully saturated rings. The number of carboxylic acid groups (broad SMARTS) is 1. The van der Waals surface area contributed by atoms with Gasteiger partial charge in [0.25, 0.3) is 0 Å². The van der Waals surface area contributed by atoms with E-state index in [9.17, 15) is 24.3 Å². The normalized spacial score (nSPS) is 15.1. The fraction of sp³-hybridized carbons (Fsp3) is 0.423. The van der Waals surface area contributed by atoms with Gasteiger partial charge >= 0.3 is 5.97 Å². The Morgan fingerprint density at radius 2 is 1.74 bits per heavy atom. The van der Waals surface area contributed by atoms with Crippen LogP contribution in [0.1, 0.15) is 31.5 Å². The highest BCUT2D eigenvalue weighted by atomic mass is 32.1. The first-order valence-electron chi connectivity index (χ1n) is 12.7. The van der Waals surface area contributed by atoms with Gasteiger partial charge in [-0.15, -0.1) is 0 Å². The van der Waals surface area contributed by atoms with Gasteiger partial charge in [0.1, 0.15) is 18.1 Å². The Kier molecular flexibility index (Phi) is 10.5. The standard InChI is InChI=1S/C26H35N7O5S/c1-3-14(2)22(33-23(34)18(27)8-15-10-29-19-7-5-4-6-17(15)19)25(36)31-20(9-16-11-28-13-30-16)24(35)32-21(12-39)26(37)38/h4-7,10-11,13-14,18,20-22,29,39H,3,8-9,12,27H2,1-2H3,(H,28,30)(H,31,36)(H,32,35)(H,33,34)(H,37,38). The molecule has 3 rings (SSSR count). The zero-order valence-electron chi connectivity index (χ0n) is 21.8. The van der Waals surface area contributed by atoms with E-state index in [2.05, 4.69) is 43.5 Å². The van der Waals surface area contributed by atoms with Crippen molar-refractivity contribution in [3.8, 4) is 0 Å². The number of thiol groups is 1. The number of benzene rings is 1. The van der Waals surface area contributed by atoms with Crippen LogP contribution in [-0.2, 0) is 32.0 Å². The molecule has 12 nitrogen and oxygen atoms in total. The summed E-state index contributed by atoms with van der Waals surface area (Å²) in [5.41, 5.74) is 8.60. The van der Waals surface area contributed by atoms with Crippen molar-refractivity contribution < 1.29 is 24.3 Å². The molecule has 3 amide bonds. The minimum Gasteiger partial charge on any atom is -0.480 e. The van der Waals surface area contributed by atoms with Gasteiger partial charge in [0.2, 0.25) is 17.7 Å². The Morgan fingerprint density at radius 3 is 2.38 bits per heavy atom. The number of para-hydroxylation sites is 1. The van der Waals surface area contributed by atoms with Crippen molar-refractivity contribution in [3.63, 3.8) is 0 Å². The van der Waals surface area contributed by atoms with Gasteiger partial charge in [-0.25, -0.2) is 9.78 Å². The zero-order chi connectivity index (χ0) is 28.5. The van der Waals surface area contributed by atoms with E-state index >= 15 is 0 Å². The number of nitrogens with one attached hydrogen (secondary N) is 5. The lowest BCUT2D eigenvalue weighted by Gasteiger charge is -2.27. The van der Waals surface area contributed by atoms with Crippen LogP contribution in [0.15, 0.2) is 43.0 Å². The number of carbonyl (C=O) groups is 4. The second kappa shape index (κ2) is 13.8. The summed E-state index contributed by atoms with van der Waals surface area (Å²) in [6.07, 6.45) is 5.58. The number of aromatic nitrogens is 3. The van der Waals surface area contributed by atoms with Crippen molar-refractivity contribution >= 4 is 47.2 Å². The summed E-state index contributed by atoms with van der Waals surface area (Å²) in [5.74, 6) is -3.46. The molecule has 0 aliphatic heterocycles. The quantitative estimate of drug-likeness (QED) is 0.132. The van der Waals surface area contributed by atoms with E-state index in [1.54, 1.807) is 6.92 Å². The highest BCUT2D eigenvalue weighted by Gasteiger charge is 2.32. The number of H-pyrrole nitrogens is 2. The maximum absolute atomic E-state index is 13.4. The van der Waals surface area contributed by atoms with Crippen molar-refractivity contribution in [2.45, 2.75) is 57.3 Å². The molecule has 0 saturated heterocycles. The van der Waals surface area contributed by atoms with Crippen molar-refractivity contribution in [1.29, 1.82) is 0 Å². The molecule has 0 spiro atoms. The molecule has 13 heteroatoms. The summed E-state index contributed by atoms with van der Waals surface area (Å²) >= 11 is 3.98. The molecule has 210 valence electrons. The van der Waals surface area contributed by atoms with Crippen LogP contribution in [0, 0.1) is 5.92 Å². The first-order valence-corrected chi connectivity index (χ1v) is 13.3. The lowest BCUT2D eigenvalue weighted by molar-refractivity contribution is -0.141. The van der Waals surface area contributed by atoms with Gasteiger partial charge in [-0.05, 0) is 24.0 Å². The molecule has 5 atom stereocenters. The summed E-state index contributed by atoms with van der Waals surface area (Å²) in [6, 6.07) is 3.41. The number of nitrogens with two attached hydrogens (primary N) is 1. The van der Waals surface area contributed by atoms with Crippen LogP contribution < -0.4 is 21.7 Å². The molecule has 1 aromatic carbocycles. The summed E-state index contributed by atoms with van der Waals surface area (Å²) in [7, 11) is 0. The number of fused-ring (bicyclic) bond motifs is 1. The van der Waals surface area contributed by atoms with Gasteiger partial charge in [0.15, 0.2) is 0 Å². The maximum atomic E-state index is 13.4. The second-order valence-electron chi connectivity index (χ2n) is 9.47. The number of hydrogen-bond donors (Lipinski definition) is 8. The molecular formula is C26H35N7O5S. The van der Waals surface area contributed by atoms with Crippen LogP contribution >= 0.6 is 12.6 Å². The molecular weight excluding hydrogens is 522 g/mol. The van der Waals surface area contributed by atoms with Gasteiger partial charge in [-0.3, -0.25) is 14.4 Å². The SMILES string of the molecule is CCC(C)C(NC(=O)C(N)Cc1c[nH]c2ccccc12)C(=O)NC(Cc1cnc[nH]1)C(=O)NC(CS)C(=O)O. The molecule has 0 radical (unpaired) electrons. The Balaban J connectivity index is 1.73. The summed E-state index contributed by atoms with van der Waals surface area (Å²) in [5, 5.41) is 18.1. The van der Waals surface area contributed by atoms with Gasteiger partial charge in [0.05, 0.1) is 12.4 Å². The highest BCUT2D eigenvalue weighted by molar-refractivity contribution is 7.80. The number of nitrogens with zero attached hydrogens (tertiary/aromatic N) is 1. The Labute approximate surface area is 231 Å². The Morgan fingerprint density at radius 1 is 1.03 bits per heavy atom. The number of carboxylic acids is 1. The number of aliphatic carboxylic acids is 1. The molecule has 5 unspecified atom stereocenters. The van der Waals surface area contributed by atoms with Crippen LogP contribution in [0.3, 0.4) is 0 Å². The van der Waals surface area contributed by atoms with Gasteiger partial charge < -0.3 is 36.8 Å². The van der Waals surface area contributed by atoms with Gasteiger partial charge in [-0.2, -0.15) is 12.6 Å². The maximum Gasteiger partial charge on any atom is 0.327 e. The van der Waals surface area contributed by atoms with E-state index in [0.717, 1.165) is 16.5 Å². The van der Waals surface area contributed by atoms with E-state index in [0.29, 0.717) is 12.1 Å². The average molecular weight is 558 g/mol. The first kappa shape index (κ1) is 29.7. The predicted molar refractivity (Wildman–Crippen MR) is 149 cm³/mol. The van der Waals surface area contributed by atoms with Crippen LogP contribution in [0.2, 0.25) is 0 Å². The minimum absolute atomic E-state index is 0.0255. The van der Waals surface area contributed by atoms with Crippen molar-refractivity contribution in [2.75, 3.05) is 5.75 Å². The van der Waals surface area contributed by atoms with Crippen LogP contribution in [0.4, 0.5) is 0 Å². The molecule has 2 aromatic heterocycles. The molecule has 0 aliphatic carbocycles. The fourth-order valence-electron chi connectivity index (χ4n) is 4.14. The van der Waals surface area contributed by atoms with Gasteiger partial charge in [-0.1, -0.05) is 38.5 Å². The van der Waals surface area contributed by atoms with Crippen molar-refractivity contribution in [3.05, 3.63) is 54.2 Å². The predicted octanol–water partition coefficient (Wildman–Crippen LogP) is 0.518. The number of rotatable bonds is 14. The largest absolute Gasteiger partial charge is 0.480 e. The monoisotopic (exact) mass is 557 g/mol. The molecule has 2 heterocycles. The number of imidazole rings is 1. The van der Waals surface area contributed by atoms with Crippen molar-refractivity contribution in [1.82, 2.24) is 30.9 Å². The molecule has 0 saturated carbocycles. The van der Waals surface area contributed by atoms with E-state index in [1.807, 2.05) is 37.4 Å². The number of amides is 3. The third kappa shape index (κ3) is 7.83.